The van der Waals surface area contributed by atoms with E-state index in [0.717, 1.165) is 18.7 Å². The van der Waals surface area contributed by atoms with E-state index in [4.69, 9.17) is 4.74 Å². The van der Waals surface area contributed by atoms with E-state index in [1.54, 1.807) is 7.11 Å². The summed E-state index contributed by atoms with van der Waals surface area (Å²) in [6.45, 7) is 9.66. The van der Waals surface area contributed by atoms with Crippen molar-refractivity contribution in [1.82, 2.24) is 5.32 Å². The Morgan fingerprint density at radius 3 is 2.48 bits per heavy atom. The van der Waals surface area contributed by atoms with E-state index < -0.39 is 0 Å². The summed E-state index contributed by atoms with van der Waals surface area (Å²) < 4.78 is 5.43. The van der Waals surface area contributed by atoms with Crippen molar-refractivity contribution in [2.24, 2.45) is 0 Å². The van der Waals surface area contributed by atoms with Gasteiger partial charge in [0.2, 0.25) is 0 Å². The van der Waals surface area contributed by atoms with Crippen molar-refractivity contribution in [3.63, 3.8) is 0 Å². The van der Waals surface area contributed by atoms with Crippen LogP contribution in [0.4, 0.5) is 0 Å². The van der Waals surface area contributed by atoms with Gasteiger partial charge in [-0.25, -0.2) is 0 Å². The summed E-state index contributed by atoms with van der Waals surface area (Å²) in [5.41, 5.74) is 3.82. The molecule has 0 fully saturated rings. The normalized spacial score (nSPS) is 12.4. The van der Waals surface area contributed by atoms with Gasteiger partial charge in [-0.15, -0.1) is 11.3 Å². The first-order valence-electron chi connectivity index (χ1n) is 7.51. The third-order valence-electron chi connectivity index (χ3n) is 3.74. The van der Waals surface area contributed by atoms with Crippen LogP contribution in [-0.4, -0.2) is 13.7 Å². The fraction of sp³-hybridized carbons (Fsp3) is 0.444. The van der Waals surface area contributed by atoms with E-state index in [1.165, 1.54) is 26.4 Å². The molecule has 0 amide bonds. The van der Waals surface area contributed by atoms with Crippen molar-refractivity contribution in [2.45, 2.75) is 40.2 Å². The molecule has 0 aliphatic heterocycles. The molecule has 1 aromatic carbocycles. The quantitative estimate of drug-likeness (QED) is 0.830. The van der Waals surface area contributed by atoms with Gasteiger partial charge in [-0.1, -0.05) is 13.0 Å². The van der Waals surface area contributed by atoms with E-state index in [1.807, 2.05) is 11.3 Å². The van der Waals surface area contributed by atoms with Crippen molar-refractivity contribution >= 4 is 11.3 Å². The number of benzene rings is 1. The van der Waals surface area contributed by atoms with Crippen LogP contribution in [-0.2, 0) is 0 Å². The molecule has 0 radical (unpaired) electrons. The van der Waals surface area contributed by atoms with E-state index >= 15 is 0 Å². The number of aryl methyl sites for hydroxylation is 3. The van der Waals surface area contributed by atoms with E-state index in [-0.39, 0.29) is 6.04 Å². The van der Waals surface area contributed by atoms with Crippen molar-refractivity contribution in [1.29, 1.82) is 0 Å². The van der Waals surface area contributed by atoms with E-state index in [2.05, 4.69) is 57.3 Å². The Morgan fingerprint density at radius 2 is 1.90 bits per heavy atom. The second kappa shape index (κ2) is 7.10. The summed E-state index contributed by atoms with van der Waals surface area (Å²) >= 11 is 1.87. The zero-order valence-electron chi connectivity index (χ0n) is 13.6. The minimum atomic E-state index is 0.272. The Labute approximate surface area is 132 Å². The number of ether oxygens (including phenoxy) is 1. The molecular formula is C18H25NOS. The molecule has 1 aromatic heterocycles. The van der Waals surface area contributed by atoms with E-state index in [9.17, 15) is 0 Å². The van der Waals surface area contributed by atoms with Gasteiger partial charge < -0.3 is 10.1 Å². The first-order chi connectivity index (χ1) is 10.1. The minimum Gasteiger partial charge on any atom is -0.496 e. The second-order valence-corrected chi connectivity index (χ2v) is 6.83. The molecule has 0 saturated heterocycles. The molecule has 21 heavy (non-hydrogen) atoms. The van der Waals surface area contributed by atoms with Crippen molar-refractivity contribution in [2.75, 3.05) is 13.7 Å². The topological polar surface area (TPSA) is 21.3 Å². The summed E-state index contributed by atoms with van der Waals surface area (Å²) in [7, 11) is 1.73. The predicted molar refractivity (Wildman–Crippen MR) is 91.7 cm³/mol. The van der Waals surface area contributed by atoms with Crippen molar-refractivity contribution in [3.05, 3.63) is 50.7 Å². The van der Waals surface area contributed by atoms with Crippen LogP contribution in [0.5, 0.6) is 5.75 Å². The minimum absolute atomic E-state index is 0.272. The zero-order valence-corrected chi connectivity index (χ0v) is 14.4. The van der Waals surface area contributed by atoms with Crippen LogP contribution in [0.15, 0.2) is 24.3 Å². The molecule has 2 aromatic rings. The Balaban J connectivity index is 2.43. The molecule has 0 aliphatic carbocycles. The number of methoxy groups -OCH3 is 1. The molecule has 1 N–H and O–H groups in total. The van der Waals surface area contributed by atoms with Gasteiger partial charge in [0.05, 0.1) is 13.2 Å². The van der Waals surface area contributed by atoms with Crippen molar-refractivity contribution < 1.29 is 4.74 Å². The maximum atomic E-state index is 5.43. The molecule has 3 heteroatoms. The molecule has 114 valence electrons. The lowest BCUT2D eigenvalue weighted by Crippen LogP contribution is -2.23. The summed E-state index contributed by atoms with van der Waals surface area (Å²) in [5, 5.41) is 3.69. The highest BCUT2D eigenvalue weighted by molar-refractivity contribution is 7.12. The number of hydrogen-bond acceptors (Lipinski definition) is 3. The van der Waals surface area contributed by atoms with Crippen LogP contribution in [0.2, 0.25) is 0 Å². The molecule has 2 rings (SSSR count). The molecule has 1 heterocycles. The van der Waals surface area contributed by atoms with Crippen LogP contribution in [0.3, 0.4) is 0 Å². The zero-order chi connectivity index (χ0) is 15.4. The van der Waals surface area contributed by atoms with Gasteiger partial charge >= 0.3 is 0 Å². The first kappa shape index (κ1) is 16.1. The number of thiophene rings is 1. The summed E-state index contributed by atoms with van der Waals surface area (Å²) in [6.07, 6.45) is 1.13. The average molecular weight is 303 g/mol. The lowest BCUT2D eigenvalue weighted by molar-refractivity contribution is 0.411. The van der Waals surface area contributed by atoms with Crippen LogP contribution in [0.1, 0.15) is 45.8 Å². The van der Waals surface area contributed by atoms with Gasteiger partial charge in [-0.3, -0.25) is 0 Å². The maximum absolute atomic E-state index is 5.43. The van der Waals surface area contributed by atoms with Gasteiger partial charge in [0.1, 0.15) is 5.75 Å². The van der Waals surface area contributed by atoms with Crippen molar-refractivity contribution in [3.8, 4) is 5.75 Å². The Hall–Kier alpha value is -1.32. The first-order valence-corrected chi connectivity index (χ1v) is 8.33. The highest BCUT2D eigenvalue weighted by atomic mass is 32.1. The Morgan fingerprint density at radius 1 is 1.14 bits per heavy atom. The molecule has 1 unspecified atom stereocenters. The van der Waals surface area contributed by atoms with Gasteiger partial charge in [-0.2, -0.15) is 0 Å². The van der Waals surface area contributed by atoms with Crippen LogP contribution in [0, 0.1) is 20.8 Å². The largest absolute Gasteiger partial charge is 0.496 e. The molecule has 0 bridgehead atoms. The summed E-state index contributed by atoms with van der Waals surface area (Å²) in [4.78, 5) is 2.74. The highest BCUT2D eigenvalue weighted by Crippen LogP contribution is 2.33. The lowest BCUT2D eigenvalue weighted by atomic mass is 9.97. The fourth-order valence-corrected chi connectivity index (χ4v) is 3.58. The predicted octanol–water partition coefficient (Wildman–Crippen LogP) is 4.77. The number of hydrogen-bond donors (Lipinski definition) is 1. The van der Waals surface area contributed by atoms with Gasteiger partial charge in [0, 0.05) is 9.75 Å². The molecule has 2 nitrogen and oxygen atoms in total. The summed E-state index contributed by atoms with van der Waals surface area (Å²) in [5.74, 6) is 0.966. The summed E-state index contributed by atoms with van der Waals surface area (Å²) in [6, 6.07) is 9.12. The van der Waals surface area contributed by atoms with Gasteiger partial charge in [0.15, 0.2) is 0 Å². The smallest absolute Gasteiger partial charge is 0.122 e. The van der Waals surface area contributed by atoms with Crippen LogP contribution in [0.25, 0.3) is 0 Å². The average Bonchev–Trinajstić information content (AvgIpc) is 2.89. The van der Waals surface area contributed by atoms with Crippen LogP contribution < -0.4 is 10.1 Å². The Bertz CT molecular complexity index is 603. The van der Waals surface area contributed by atoms with Gasteiger partial charge in [0.25, 0.3) is 0 Å². The molecule has 0 aliphatic rings. The maximum Gasteiger partial charge on any atom is 0.122 e. The van der Waals surface area contributed by atoms with Gasteiger partial charge in [-0.05, 0) is 68.6 Å². The Kier molecular flexibility index (Phi) is 5.43. The third kappa shape index (κ3) is 3.66. The number of nitrogens with one attached hydrogen (secondary N) is 1. The highest BCUT2D eigenvalue weighted by Gasteiger charge is 2.18. The molecular weight excluding hydrogens is 278 g/mol. The monoisotopic (exact) mass is 303 g/mol. The number of rotatable bonds is 6. The molecule has 0 saturated carbocycles. The standard InChI is InChI=1S/C18H25NOS/c1-6-9-19-18(17-8-7-14(4)21-17)15-10-13(3)16(20-5)11-12(15)2/h7-8,10-11,18-19H,6,9H2,1-5H3. The van der Waals surface area contributed by atoms with Crippen LogP contribution >= 0.6 is 11.3 Å². The third-order valence-corrected chi connectivity index (χ3v) is 4.80. The second-order valence-electron chi connectivity index (χ2n) is 5.51. The lowest BCUT2D eigenvalue weighted by Gasteiger charge is -2.21. The van der Waals surface area contributed by atoms with E-state index in [0.29, 0.717) is 0 Å². The SMILES string of the molecule is CCCNC(c1ccc(C)s1)c1cc(C)c(OC)cc1C. The molecule has 1 atom stereocenters. The fourth-order valence-electron chi connectivity index (χ4n) is 2.60. The molecule has 0 spiro atoms.